The average molecular weight is 910 g/mol. The number of hydrogen-bond donors (Lipinski definition) is 2. The number of terminal acetylenes is 1. The SMILES string of the molecule is C#Cc1c(F)ccc2cc(N)cc(-c3nc4c5c(nc(OCC67CCCN6CCC7)nc5c3F)N3C[C@@](F)(CC)NC(F)C3CCC4)c12.COC(C(F)(F)F)(C(F)(F)F)C(F)(F)F. The molecule has 3 saturated heterocycles. The molecule has 3 fully saturated rings. The van der Waals surface area contributed by atoms with Crippen LogP contribution in [0, 0.1) is 24.0 Å². The van der Waals surface area contributed by atoms with E-state index in [9.17, 15) is 39.5 Å². The Morgan fingerprint density at radius 1 is 0.937 bits per heavy atom. The van der Waals surface area contributed by atoms with Crippen molar-refractivity contribution in [1.82, 2.24) is 25.2 Å². The van der Waals surface area contributed by atoms with E-state index in [1.807, 2.05) is 0 Å². The third kappa shape index (κ3) is 7.80. The lowest BCUT2D eigenvalue weighted by atomic mass is 9.93. The number of nitrogens with zero attached hydrogens (tertiary/aromatic N) is 5. The van der Waals surface area contributed by atoms with Crippen molar-refractivity contribution in [2.45, 2.75) is 106 Å². The minimum absolute atomic E-state index is 0.0154. The van der Waals surface area contributed by atoms with Gasteiger partial charge in [-0.15, -0.1) is 6.42 Å². The van der Waals surface area contributed by atoms with Crippen molar-refractivity contribution < 1.29 is 66.5 Å². The van der Waals surface area contributed by atoms with Crippen molar-refractivity contribution in [1.29, 1.82) is 0 Å². The normalized spacial score (nSPS) is 22.8. The molecule has 2 aromatic heterocycles. The van der Waals surface area contributed by atoms with Gasteiger partial charge >= 0.3 is 30.1 Å². The van der Waals surface area contributed by atoms with E-state index in [2.05, 4.69) is 25.9 Å². The Hall–Kier alpha value is -4.88. The molecular formula is C41H40F13N7O2. The number of fused-ring (bicyclic) bond motifs is 4. The standard InChI is InChI=1S/C36H37F4N7O.C5H3F9O/c1-3-22-24(37)11-10-20-16-21(41)17-23(27(20)22)30-29(38)31-28-25(42-30)8-5-9-26-32(39)45-36(40,4-2)18-47(26)33(28)44-34(43-31)48-19-35-12-6-14-46(35)15-7-13-35;1-15-2(3(6,7)8,4(9,10)11)5(12,13)14/h1,10-11,16-17,26,32,45H,4-9,12-15,18-19,41H2,2H3;1H3/t26?,32?,36-;/m1./s1. The molecule has 0 spiro atoms. The van der Waals surface area contributed by atoms with E-state index in [0.717, 1.165) is 38.8 Å². The summed E-state index contributed by atoms with van der Waals surface area (Å²) in [5.74, 6) is -0.881. The van der Waals surface area contributed by atoms with Gasteiger partial charge < -0.3 is 20.1 Å². The average Bonchev–Trinajstić information content (AvgIpc) is 3.77. The van der Waals surface area contributed by atoms with Gasteiger partial charge in [-0.25, -0.2) is 22.5 Å². The number of methoxy groups -OCH3 is 1. The predicted octanol–water partition coefficient (Wildman–Crippen LogP) is 9.24. The van der Waals surface area contributed by atoms with E-state index in [1.54, 1.807) is 24.0 Å². The maximum atomic E-state index is 17.2. The summed E-state index contributed by atoms with van der Waals surface area (Å²) >= 11 is 0. The van der Waals surface area contributed by atoms with Gasteiger partial charge in [0.25, 0.3) is 0 Å². The van der Waals surface area contributed by atoms with Crippen LogP contribution in [0.5, 0.6) is 6.01 Å². The lowest BCUT2D eigenvalue weighted by Crippen LogP contribution is -2.67. The van der Waals surface area contributed by atoms with Gasteiger partial charge in [0.05, 0.1) is 34.8 Å². The number of aromatic nitrogens is 3. The van der Waals surface area contributed by atoms with E-state index < -0.39 is 53.9 Å². The fraction of sp³-hybridized carbons (Fsp3) is 0.537. The number of nitrogens with two attached hydrogens (primary N) is 1. The van der Waals surface area contributed by atoms with Crippen LogP contribution >= 0.6 is 0 Å². The fourth-order valence-electron chi connectivity index (χ4n) is 9.28. The first-order chi connectivity index (χ1) is 29.4. The monoisotopic (exact) mass is 909 g/mol. The third-order valence-electron chi connectivity index (χ3n) is 12.4. The Kier molecular flexibility index (Phi) is 11.9. The molecule has 342 valence electrons. The molecule has 0 radical (unpaired) electrons. The van der Waals surface area contributed by atoms with Crippen molar-refractivity contribution in [3.63, 3.8) is 0 Å². The highest BCUT2D eigenvalue weighted by molar-refractivity contribution is 6.04. The molecule has 3 atom stereocenters. The maximum absolute atomic E-state index is 17.2. The second kappa shape index (κ2) is 16.3. The van der Waals surface area contributed by atoms with E-state index in [-0.39, 0.29) is 65.2 Å². The van der Waals surface area contributed by atoms with Crippen LogP contribution in [0.1, 0.15) is 63.1 Å². The van der Waals surface area contributed by atoms with Crippen molar-refractivity contribution in [3.05, 3.63) is 47.2 Å². The molecule has 0 bridgehead atoms. The van der Waals surface area contributed by atoms with Crippen LogP contribution in [-0.2, 0) is 11.2 Å². The van der Waals surface area contributed by atoms with Gasteiger partial charge in [0.2, 0.25) is 0 Å². The lowest BCUT2D eigenvalue weighted by molar-refractivity contribution is -0.452. The Bertz CT molecular complexity index is 2390. The number of rotatable bonds is 6. The van der Waals surface area contributed by atoms with Gasteiger partial charge in [-0.1, -0.05) is 18.9 Å². The van der Waals surface area contributed by atoms with E-state index in [1.165, 1.54) is 12.1 Å². The largest absolute Gasteiger partial charge is 0.461 e. The number of benzene rings is 2. The molecule has 0 saturated carbocycles. The number of aryl methyl sites for hydroxylation is 1. The number of alkyl halides is 11. The molecule has 4 aliphatic heterocycles. The number of pyridine rings is 1. The van der Waals surface area contributed by atoms with Gasteiger partial charge in [-0.2, -0.15) is 49.5 Å². The molecule has 2 unspecified atom stereocenters. The lowest BCUT2D eigenvalue weighted by Gasteiger charge is -2.46. The zero-order chi connectivity index (χ0) is 46.1. The summed E-state index contributed by atoms with van der Waals surface area (Å²) in [4.78, 5) is 18.3. The van der Waals surface area contributed by atoms with Crippen molar-refractivity contribution in [2.24, 2.45) is 0 Å². The minimum Gasteiger partial charge on any atom is -0.461 e. The maximum Gasteiger partial charge on any atom is 0.435 e. The highest BCUT2D eigenvalue weighted by Gasteiger charge is 2.85. The number of piperazine rings is 1. The van der Waals surface area contributed by atoms with Crippen LogP contribution in [-0.4, -0.2) is 101 Å². The van der Waals surface area contributed by atoms with Crippen LogP contribution in [0.15, 0.2) is 24.3 Å². The summed E-state index contributed by atoms with van der Waals surface area (Å²) in [6.45, 7) is 3.74. The number of ether oxygens (including phenoxy) is 2. The highest BCUT2D eigenvalue weighted by atomic mass is 19.4. The van der Waals surface area contributed by atoms with Crippen LogP contribution in [0.2, 0.25) is 0 Å². The zero-order valence-corrected chi connectivity index (χ0v) is 33.6. The van der Waals surface area contributed by atoms with E-state index in [4.69, 9.17) is 26.9 Å². The summed E-state index contributed by atoms with van der Waals surface area (Å²) in [7, 11) is -0.311. The van der Waals surface area contributed by atoms with Crippen molar-refractivity contribution in [2.75, 3.05) is 44.0 Å². The number of hydrogen-bond acceptors (Lipinski definition) is 9. The number of halogens is 13. The molecular weight excluding hydrogens is 869 g/mol. The van der Waals surface area contributed by atoms with E-state index in [0.29, 0.717) is 48.0 Å². The van der Waals surface area contributed by atoms with Gasteiger partial charge in [0.1, 0.15) is 29.5 Å². The fourth-order valence-corrected chi connectivity index (χ4v) is 9.28. The predicted molar refractivity (Wildman–Crippen MR) is 205 cm³/mol. The first-order valence-electron chi connectivity index (χ1n) is 19.8. The summed E-state index contributed by atoms with van der Waals surface area (Å²) in [6, 6.07) is 5.15. The van der Waals surface area contributed by atoms with Crippen molar-refractivity contribution in [3.8, 4) is 29.6 Å². The Morgan fingerprint density at radius 3 is 2.16 bits per heavy atom. The van der Waals surface area contributed by atoms with Crippen LogP contribution in [0.25, 0.3) is 32.9 Å². The Balaban J connectivity index is 0.000000341. The third-order valence-corrected chi connectivity index (χ3v) is 12.4. The molecule has 4 aliphatic rings. The molecule has 9 nitrogen and oxygen atoms in total. The van der Waals surface area contributed by atoms with Gasteiger partial charge in [-0.3, -0.25) is 10.2 Å². The molecule has 4 aromatic rings. The van der Waals surface area contributed by atoms with Crippen LogP contribution < -0.4 is 20.7 Å². The number of nitrogens with one attached hydrogen (secondary N) is 1. The summed E-state index contributed by atoms with van der Waals surface area (Å²) in [6.07, 6.45) is -10.6. The molecule has 8 rings (SSSR count). The molecule has 22 heteroatoms. The second-order valence-corrected chi connectivity index (χ2v) is 16.0. The Morgan fingerprint density at radius 2 is 1.59 bits per heavy atom. The molecule has 2 aromatic carbocycles. The molecule has 0 aliphatic carbocycles. The first kappa shape index (κ1) is 46.1. The van der Waals surface area contributed by atoms with Gasteiger partial charge in [-0.05, 0) is 88.0 Å². The summed E-state index contributed by atoms with van der Waals surface area (Å²) < 4.78 is 179. The first-order valence-corrected chi connectivity index (χ1v) is 19.8. The number of anilines is 2. The zero-order valence-electron chi connectivity index (χ0n) is 33.6. The number of nitrogen functional groups attached to an aromatic ring is 1. The van der Waals surface area contributed by atoms with Gasteiger partial charge in [0.15, 0.2) is 17.9 Å². The quantitative estimate of drug-likeness (QED) is 0.0849. The summed E-state index contributed by atoms with van der Waals surface area (Å²) in [5, 5.41) is 3.63. The molecule has 63 heavy (non-hydrogen) atoms. The van der Waals surface area contributed by atoms with Gasteiger partial charge in [0, 0.05) is 23.7 Å². The van der Waals surface area contributed by atoms with Crippen molar-refractivity contribution >= 4 is 33.2 Å². The highest BCUT2D eigenvalue weighted by Crippen LogP contribution is 2.54. The smallest absolute Gasteiger partial charge is 0.435 e. The Labute approximate surface area is 351 Å². The topological polar surface area (TPSA) is 102 Å². The molecule has 6 heterocycles. The van der Waals surface area contributed by atoms with Crippen LogP contribution in [0.3, 0.4) is 0 Å². The second-order valence-electron chi connectivity index (χ2n) is 16.0. The minimum atomic E-state index is -6.64. The van der Waals surface area contributed by atoms with E-state index >= 15 is 17.6 Å². The summed E-state index contributed by atoms with van der Waals surface area (Å²) in [5.41, 5.74) is 0.749. The molecule has 3 N–H and O–H groups in total. The molecule has 0 amide bonds. The van der Waals surface area contributed by atoms with Crippen LogP contribution in [0.4, 0.5) is 68.6 Å².